The van der Waals surface area contributed by atoms with E-state index in [1.165, 1.54) is 28.5 Å². The number of carbonyl (C=O) groups excluding carboxylic acids is 1. The van der Waals surface area contributed by atoms with Crippen LogP contribution in [0.4, 0.5) is 0 Å². The molecule has 1 fully saturated rings. The number of hydrogen-bond donors (Lipinski definition) is 1. The van der Waals surface area contributed by atoms with Crippen molar-refractivity contribution in [3.63, 3.8) is 0 Å². The van der Waals surface area contributed by atoms with Gasteiger partial charge in [0.15, 0.2) is 0 Å². The first-order valence-corrected chi connectivity index (χ1v) is 11.2. The third-order valence-electron chi connectivity index (χ3n) is 7.06. The van der Waals surface area contributed by atoms with Crippen LogP contribution in [0.2, 0.25) is 5.02 Å². The van der Waals surface area contributed by atoms with Crippen molar-refractivity contribution in [3.8, 4) is 0 Å². The van der Waals surface area contributed by atoms with Gasteiger partial charge in [-0.15, -0.1) is 0 Å². The van der Waals surface area contributed by atoms with Crippen LogP contribution in [-0.2, 0) is 13.5 Å². The SMILES string of the molecule is CN1C[C@H](CCNC(=O)c2ccc(Cl)cc2)CC2c3cccc4c3c(cn4C)C[C@H]21. The van der Waals surface area contributed by atoms with Crippen LogP contribution in [0.1, 0.15) is 40.2 Å². The van der Waals surface area contributed by atoms with Crippen molar-refractivity contribution in [2.24, 2.45) is 13.0 Å². The molecule has 4 nitrogen and oxygen atoms in total. The summed E-state index contributed by atoms with van der Waals surface area (Å²) >= 11 is 5.92. The molecule has 3 atom stereocenters. The number of hydrogen-bond acceptors (Lipinski definition) is 2. The quantitative estimate of drug-likeness (QED) is 0.667. The largest absolute Gasteiger partial charge is 0.352 e. The van der Waals surface area contributed by atoms with Crippen molar-refractivity contribution in [2.75, 3.05) is 20.1 Å². The number of amides is 1. The Kier molecular flexibility index (Phi) is 5.08. The number of likely N-dealkylation sites (N-methyl/N-ethyl adjacent to an activating group) is 1. The Hall–Kier alpha value is -2.30. The molecule has 2 heterocycles. The molecule has 2 aromatic carbocycles. The van der Waals surface area contributed by atoms with Crippen molar-refractivity contribution < 1.29 is 4.79 Å². The number of aromatic nitrogens is 1. The number of piperidine rings is 1. The second-order valence-electron chi connectivity index (χ2n) is 8.98. The van der Waals surface area contributed by atoms with E-state index in [1.807, 2.05) is 0 Å². The molecule has 1 aromatic heterocycles. The van der Waals surface area contributed by atoms with Crippen LogP contribution in [0.5, 0.6) is 0 Å². The van der Waals surface area contributed by atoms with Crippen LogP contribution >= 0.6 is 11.6 Å². The van der Waals surface area contributed by atoms with E-state index in [0.717, 1.165) is 19.4 Å². The first kappa shape index (κ1) is 19.7. The molecule has 30 heavy (non-hydrogen) atoms. The summed E-state index contributed by atoms with van der Waals surface area (Å²) in [6.45, 7) is 1.80. The van der Waals surface area contributed by atoms with Gasteiger partial charge in [0.25, 0.3) is 5.91 Å². The van der Waals surface area contributed by atoms with Gasteiger partial charge in [-0.2, -0.15) is 0 Å². The zero-order chi connectivity index (χ0) is 20.8. The van der Waals surface area contributed by atoms with Crippen LogP contribution in [-0.4, -0.2) is 41.6 Å². The highest BCUT2D eigenvalue weighted by atomic mass is 35.5. The number of aryl methyl sites for hydroxylation is 1. The van der Waals surface area contributed by atoms with Crippen molar-refractivity contribution in [1.29, 1.82) is 0 Å². The Balaban J connectivity index is 1.28. The van der Waals surface area contributed by atoms with Gasteiger partial charge in [0.1, 0.15) is 0 Å². The fraction of sp³-hybridized carbons (Fsp3) is 0.400. The van der Waals surface area contributed by atoms with Crippen LogP contribution < -0.4 is 5.32 Å². The molecular weight excluding hydrogens is 394 g/mol. The van der Waals surface area contributed by atoms with Gasteiger partial charge in [0.05, 0.1) is 0 Å². The molecule has 1 unspecified atom stereocenters. The smallest absolute Gasteiger partial charge is 0.251 e. The normalized spacial score (nSPS) is 23.4. The van der Waals surface area contributed by atoms with E-state index in [4.69, 9.17) is 11.6 Å². The number of carbonyl (C=O) groups is 1. The first-order chi connectivity index (χ1) is 14.5. The minimum Gasteiger partial charge on any atom is -0.352 e. The Bertz CT molecular complexity index is 1090. The standard InChI is InChI=1S/C25H28ClN3O/c1-28-14-16(10-11-27-25(30)17-6-8-19(26)9-7-17)12-21-20-4-3-5-22-24(20)18(13-23(21)28)15-29(22)2/h3-9,15-16,21,23H,10-14H2,1-2H3,(H,27,30)/t16-,21?,23-/m1/s1. The van der Waals surface area contributed by atoms with Crippen LogP contribution in [0.25, 0.3) is 10.9 Å². The van der Waals surface area contributed by atoms with Crippen molar-refractivity contribution in [2.45, 2.75) is 31.2 Å². The first-order valence-electron chi connectivity index (χ1n) is 10.8. The fourth-order valence-electron chi connectivity index (χ4n) is 5.63. The van der Waals surface area contributed by atoms with Gasteiger partial charge in [-0.3, -0.25) is 4.79 Å². The van der Waals surface area contributed by atoms with E-state index >= 15 is 0 Å². The molecule has 0 bridgehead atoms. The van der Waals surface area contributed by atoms with Gasteiger partial charge in [-0.1, -0.05) is 23.7 Å². The molecule has 5 heteroatoms. The number of rotatable bonds is 4. The van der Waals surface area contributed by atoms with E-state index in [0.29, 0.717) is 35.0 Å². The summed E-state index contributed by atoms with van der Waals surface area (Å²) in [5.41, 5.74) is 5.02. The number of benzene rings is 2. The Labute approximate surface area is 182 Å². The van der Waals surface area contributed by atoms with Crippen LogP contribution in [0.15, 0.2) is 48.7 Å². The zero-order valence-corrected chi connectivity index (χ0v) is 18.3. The maximum Gasteiger partial charge on any atom is 0.251 e. The van der Waals surface area contributed by atoms with Crippen molar-refractivity contribution in [1.82, 2.24) is 14.8 Å². The van der Waals surface area contributed by atoms with Gasteiger partial charge >= 0.3 is 0 Å². The zero-order valence-electron chi connectivity index (χ0n) is 17.6. The molecule has 1 saturated heterocycles. The lowest BCUT2D eigenvalue weighted by atomic mass is 9.72. The molecule has 1 aliphatic heterocycles. The number of halogens is 1. The lowest BCUT2D eigenvalue weighted by Gasteiger charge is -2.45. The maximum atomic E-state index is 12.4. The summed E-state index contributed by atoms with van der Waals surface area (Å²) in [7, 11) is 4.42. The van der Waals surface area contributed by atoms with Gasteiger partial charge in [-0.25, -0.2) is 0 Å². The van der Waals surface area contributed by atoms with Crippen LogP contribution in [0, 0.1) is 5.92 Å². The minimum atomic E-state index is -0.0231. The highest BCUT2D eigenvalue weighted by Gasteiger charge is 2.39. The van der Waals surface area contributed by atoms with Crippen molar-refractivity contribution >= 4 is 28.4 Å². The third-order valence-corrected chi connectivity index (χ3v) is 7.31. The average molecular weight is 422 g/mol. The molecule has 0 saturated carbocycles. The van der Waals surface area contributed by atoms with Gasteiger partial charge in [-0.05, 0) is 73.7 Å². The number of nitrogens with zero attached hydrogens (tertiary/aromatic N) is 2. The van der Waals surface area contributed by atoms with E-state index in [1.54, 1.807) is 24.3 Å². The van der Waals surface area contributed by atoms with E-state index in [9.17, 15) is 4.79 Å². The van der Waals surface area contributed by atoms with Crippen molar-refractivity contribution in [3.05, 3.63) is 70.4 Å². The molecule has 0 spiro atoms. The van der Waals surface area contributed by atoms with E-state index in [2.05, 4.69) is 53.3 Å². The molecule has 5 rings (SSSR count). The Morgan fingerprint density at radius 1 is 1.17 bits per heavy atom. The fourth-order valence-corrected chi connectivity index (χ4v) is 5.76. The predicted molar refractivity (Wildman–Crippen MR) is 122 cm³/mol. The molecule has 2 aliphatic rings. The molecule has 156 valence electrons. The molecular formula is C25H28ClN3O. The summed E-state index contributed by atoms with van der Waals surface area (Å²) in [6, 6.07) is 14.4. The third kappa shape index (κ3) is 3.42. The predicted octanol–water partition coefficient (Wildman–Crippen LogP) is 4.61. The summed E-state index contributed by atoms with van der Waals surface area (Å²) in [4.78, 5) is 14.9. The topological polar surface area (TPSA) is 37.3 Å². The molecule has 1 aliphatic carbocycles. The molecule has 1 amide bonds. The minimum absolute atomic E-state index is 0.0231. The summed E-state index contributed by atoms with van der Waals surface area (Å²) < 4.78 is 2.27. The average Bonchev–Trinajstić information content (AvgIpc) is 3.06. The summed E-state index contributed by atoms with van der Waals surface area (Å²) in [5, 5.41) is 5.21. The highest BCUT2D eigenvalue weighted by molar-refractivity contribution is 6.30. The summed E-state index contributed by atoms with van der Waals surface area (Å²) in [6.07, 6.45) is 5.65. The number of fused-ring (bicyclic) bond motifs is 2. The number of likely N-dealkylation sites (tertiary alicyclic amines) is 1. The Morgan fingerprint density at radius 2 is 1.97 bits per heavy atom. The highest BCUT2D eigenvalue weighted by Crippen LogP contribution is 2.45. The molecule has 3 aromatic rings. The van der Waals surface area contributed by atoms with Gasteiger partial charge in [0.2, 0.25) is 0 Å². The summed E-state index contributed by atoms with van der Waals surface area (Å²) in [5.74, 6) is 1.13. The molecule has 1 N–H and O–H groups in total. The second kappa shape index (κ2) is 7.75. The Morgan fingerprint density at radius 3 is 2.77 bits per heavy atom. The monoisotopic (exact) mass is 421 g/mol. The van der Waals surface area contributed by atoms with E-state index < -0.39 is 0 Å². The number of nitrogens with one attached hydrogen (secondary N) is 1. The van der Waals surface area contributed by atoms with E-state index in [-0.39, 0.29) is 5.91 Å². The van der Waals surface area contributed by atoms with Gasteiger partial charge in [0, 0.05) is 59.8 Å². The lowest BCUT2D eigenvalue weighted by Crippen LogP contribution is -2.48. The maximum absolute atomic E-state index is 12.4. The lowest BCUT2D eigenvalue weighted by molar-refractivity contribution is 0.0926. The second-order valence-corrected chi connectivity index (χ2v) is 9.41. The van der Waals surface area contributed by atoms with Crippen LogP contribution in [0.3, 0.4) is 0 Å². The van der Waals surface area contributed by atoms with Gasteiger partial charge < -0.3 is 14.8 Å². The molecule has 0 radical (unpaired) electrons.